The fourth-order valence-electron chi connectivity index (χ4n) is 4.72. The Balaban J connectivity index is 1.57. The molecule has 4 aliphatic rings. The quantitative estimate of drug-likeness (QED) is 0.818. The maximum atomic E-state index is 11.1. The maximum Gasteiger partial charge on any atom is 0.335 e. The molecule has 0 radical (unpaired) electrons. The van der Waals surface area contributed by atoms with E-state index < -0.39 is 5.97 Å². The third kappa shape index (κ3) is 2.39. The van der Waals surface area contributed by atoms with Crippen molar-refractivity contribution >= 4 is 29.0 Å². The summed E-state index contributed by atoms with van der Waals surface area (Å²) in [7, 11) is 0. The number of aromatic carboxylic acids is 1. The number of carboxylic acid groups (broad SMARTS) is 1. The first-order valence-electron chi connectivity index (χ1n) is 7.96. The first kappa shape index (κ1) is 14.1. The van der Waals surface area contributed by atoms with Gasteiger partial charge in [-0.1, -0.05) is 11.6 Å². The number of carbonyl (C=O) groups is 1. The van der Waals surface area contributed by atoms with E-state index in [4.69, 9.17) is 16.7 Å². The molecule has 0 saturated heterocycles. The van der Waals surface area contributed by atoms with E-state index in [1.165, 1.54) is 43.9 Å². The van der Waals surface area contributed by atoms with Crippen molar-refractivity contribution in [2.24, 2.45) is 28.8 Å². The number of nitrogens with one attached hydrogen (secondary N) is 1. The van der Waals surface area contributed by atoms with Gasteiger partial charge in [-0.15, -0.1) is 0 Å². The molecule has 4 nitrogen and oxygen atoms in total. The van der Waals surface area contributed by atoms with Gasteiger partial charge in [0.1, 0.15) is 0 Å². The number of anilines is 1. The van der Waals surface area contributed by atoms with Crippen LogP contribution in [0.5, 0.6) is 0 Å². The van der Waals surface area contributed by atoms with Crippen molar-refractivity contribution in [3.8, 4) is 0 Å². The van der Waals surface area contributed by atoms with Crippen LogP contribution >= 0.6 is 11.6 Å². The molecule has 4 fully saturated rings. The van der Waals surface area contributed by atoms with Gasteiger partial charge in [-0.2, -0.15) is 5.10 Å². The highest BCUT2D eigenvalue weighted by molar-refractivity contribution is 6.33. The van der Waals surface area contributed by atoms with Crippen LogP contribution < -0.4 is 5.43 Å². The van der Waals surface area contributed by atoms with E-state index in [1.807, 2.05) is 0 Å². The number of carboxylic acids is 1. The number of hydrazone groups is 1. The molecule has 5 rings (SSSR count). The Morgan fingerprint density at radius 2 is 1.77 bits per heavy atom. The molecule has 116 valence electrons. The van der Waals surface area contributed by atoms with Crippen LogP contribution in [-0.2, 0) is 0 Å². The molecule has 0 atom stereocenters. The lowest BCUT2D eigenvalue weighted by atomic mass is 9.55. The fraction of sp³-hybridized carbons (Fsp3) is 0.529. The molecule has 5 heteroatoms. The lowest BCUT2D eigenvalue weighted by Crippen LogP contribution is -2.45. The normalized spacial score (nSPS) is 32.1. The average molecular weight is 319 g/mol. The van der Waals surface area contributed by atoms with E-state index in [0.29, 0.717) is 22.5 Å². The summed E-state index contributed by atoms with van der Waals surface area (Å²) in [5.74, 6) is 2.08. The summed E-state index contributed by atoms with van der Waals surface area (Å²) in [6, 6.07) is 4.65. The average Bonchev–Trinajstić information content (AvgIpc) is 2.47. The molecule has 0 aromatic heterocycles. The zero-order valence-electron chi connectivity index (χ0n) is 12.3. The Labute approximate surface area is 134 Å². The van der Waals surface area contributed by atoms with Crippen LogP contribution in [0.15, 0.2) is 23.3 Å². The van der Waals surface area contributed by atoms with Gasteiger partial charge < -0.3 is 5.11 Å². The summed E-state index contributed by atoms with van der Waals surface area (Å²) in [6.45, 7) is 0. The van der Waals surface area contributed by atoms with Crippen molar-refractivity contribution in [3.63, 3.8) is 0 Å². The number of halogens is 1. The third-order valence-electron chi connectivity index (χ3n) is 5.49. The summed E-state index contributed by atoms with van der Waals surface area (Å²) in [4.78, 5) is 11.1. The highest BCUT2D eigenvalue weighted by Crippen LogP contribution is 2.52. The van der Waals surface area contributed by atoms with Gasteiger partial charge in [0, 0.05) is 5.71 Å². The minimum Gasteiger partial charge on any atom is -0.478 e. The van der Waals surface area contributed by atoms with Crippen molar-refractivity contribution in [1.29, 1.82) is 0 Å². The minimum absolute atomic E-state index is 0.220. The zero-order chi connectivity index (χ0) is 15.3. The maximum absolute atomic E-state index is 11.1. The van der Waals surface area contributed by atoms with Gasteiger partial charge in [0.2, 0.25) is 0 Å². The number of rotatable bonds is 3. The van der Waals surface area contributed by atoms with E-state index in [-0.39, 0.29) is 5.56 Å². The molecule has 0 heterocycles. The van der Waals surface area contributed by atoms with E-state index in [2.05, 4.69) is 10.5 Å². The van der Waals surface area contributed by atoms with Crippen LogP contribution in [0, 0.1) is 23.7 Å². The monoisotopic (exact) mass is 318 g/mol. The number of benzene rings is 1. The summed E-state index contributed by atoms with van der Waals surface area (Å²) in [5, 5.41) is 14.2. The van der Waals surface area contributed by atoms with Gasteiger partial charge in [0.25, 0.3) is 0 Å². The molecule has 0 unspecified atom stereocenters. The van der Waals surface area contributed by atoms with E-state index >= 15 is 0 Å². The molecule has 4 bridgehead atoms. The third-order valence-corrected chi connectivity index (χ3v) is 5.82. The summed E-state index contributed by atoms with van der Waals surface area (Å²) < 4.78 is 0. The Morgan fingerprint density at radius 1 is 1.14 bits per heavy atom. The van der Waals surface area contributed by atoms with Crippen LogP contribution in [0.2, 0.25) is 5.02 Å². The van der Waals surface area contributed by atoms with E-state index in [9.17, 15) is 4.79 Å². The fourth-order valence-corrected chi connectivity index (χ4v) is 4.88. The molecule has 0 aliphatic heterocycles. The van der Waals surface area contributed by atoms with Crippen molar-refractivity contribution in [3.05, 3.63) is 28.8 Å². The van der Waals surface area contributed by atoms with Crippen molar-refractivity contribution < 1.29 is 9.90 Å². The van der Waals surface area contributed by atoms with Crippen LogP contribution in [0.1, 0.15) is 42.5 Å². The molecular weight excluding hydrogens is 300 g/mol. The van der Waals surface area contributed by atoms with Gasteiger partial charge in [-0.3, -0.25) is 5.43 Å². The topological polar surface area (TPSA) is 61.7 Å². The molecule has 4 saturated carbocycles. The molecule has 22 heavy (non-hydrogen) atoms. The lowest BCUT2D eigenvalue weighted by Gasteiger charge is -2.50. The van der Waals surface area contributed by atoms with Gasteiger partial charge >= 0.3 is 5.97 Å². The predicted octanol–water partition coefficient (Wildman–Crippen LogP) is 4.26. The zero-order valence-corrected chi connectivity index (χ0v) is 13.0. The van der Waals surface area contributed by atoms with Crippen LogP contribution in [0.4, 0.5) is 5.69 Å². The van der Waals surface area contributed by atoms with Crippen molar-refractivity contribution in [2.75, 3.05) is 5.43 Å². The Kier molecular flexibility index (Phi) is 3.37. The molecular formula is C17H19ClN2O2. The smallest absolute Gasteiger partial charge is 0.335 e. The second kappa shape index (κ2) is 5.27. The summed E-state index contributed by atoms with van der Waals surface area (Å²) >= 11 is 6.14. The van der Waals surface area contributed by atoms with E-state index in [0.717, 1.165) is 11.8 Å². The lowest BCUT2D eigenvalue weighted by molar-refractivity contribution is 0.0697. The Hall–Kier alpha value is -1.55. The Bertz CT molecular complexity index is 626. The second-order valence-corrected chi connectivity index (χ2v) is 7.36. The first-order valence-corrected chi connectivity index (χ1v) is 8.34. The Morgan fingerprint density at radius 3 is 2.36 bits per heavy atom. The van der Waals surface area contributed by atoms with Gasteiger partial charge in [0.05, 0.1) is 16.3 Å². The molecule has 2 N–H and O–H groups in total. The van der Waals surface area contributed by atoms with Crippen LogP contribution in [-0.4, -0.2) is 16.8 Å². The van der Waals surface area contributed by atoms with Crippen molar-refractivity contribution in [1.82, 2.24) is 0 Å². The first-order chi connectivity index (χ1) is 10.6. The number of nitrogens with zero attached hydrogens (tertiary/aromatic N) is 1. The number of hydrogen-bond donors (Lipinski definition) is 2. The SMILES string of the molecule is O=C(O)c1ccc(Cl)c(NN=C2C3CC4CC(C3)CC2C4)c1. The summed E-state index contributed by atoms with van der Waals surface area (Å²) in [5.41, 5.74) is 5.10. The summed E-state index contributed by atoms with van der Waals surface area (Å²) in [6.07, 6.45) is 6.51. The van der Waals surface area contributed by atoms with E-state index in [1.54, 1.807) is 12.1 Å². The molecule has 4 aliphatic carbocycles. The largest absolute Gasteiger partial charge is 0.478 e. The van der Waals surface area contributed by atoms with Crippen molar-refractivity contribution in [2.45, 2.75) is 32.1 Å². The van der Waals surface area contributed by atoms with Crippen LogP contribution in [0.3, 0.4) is 0 Å². The van der Waals surface area contributed by atoms with Gasteiger partial charge in [0.15, 0.2) is 0 Å². The minimum atomic E-state index is -0.956. The van der Waals surface area contributed by atoms with Crippen LogP contribution in [0.25, 0.3) is 0 Å². The highest BCUT2D eigenvalue weighted by Gasteiger charge is 2.46. The predicted molar refractivity (Wildman–Crippen MR) is 86.5 cm³/mol. The van der Waals surface area contributed by atoms with Gasteiger partial charge in [-0.05, 0) is 74.0 Å². The molecule has 0 spiro atoms. The molecule has 1 aromatic carbocycles. The second-order valence-electron chi connectivity index (χ2n) is 6.95. The molecule has 0 amide bonds. The highest BCUT2D eigenvalue weighted by atomic mass is 35.5. The standard InChI is InChI=1S/C17H19ClN2O2/c18-14-2-1-11(17(21)22)8-15(14)19-20-16-12-4-9-3-10(6-12)7-13(16)5-9/h1-2,8-10,12-13,19H,3-7H2,(H,21,22). The van der Waals surface area contributed by atoms with Gasteiger partial charge in [-0.25, -0.2) is 4.79 Å². The molecule has 1 aromatic rings. The number of hydrogen-bond acceptors (Lipinski definition) is 3.